The summed E-state index contributed by atoms with van der Waals surface area (Å²) in [6.45, 7) is 3.58. The van der Waals surface area contributed by atoms with E-state index in [0.29, 0.717) is 30.5 Å². The van der Waals surface area contributed by atoms with Crippen molar-refractivity contribution < 1.29 is 9.59 Å². The van der Waals surface area contributed by atoms with Crippen molar-refractivity contribution in [2.45, 2.75) is 13.0 Å². The predicted molar refractivity (Wildman–Crippen MR) is 100.0 cm³/mol. The minimum atomic E-state index is -0.139. The van der Waals surface area contributed by atoms with E-state index in [9.17, 15) is 9.59 Å². The Labute approximate surface area is 156 Å². The molecule has 1 aliphatic heterocycles. The molecule has 0 aromatic carbocycles. The van der Waals surface area contributed by atoms with Gasteiger partial charge in [0.15, 0.2) is 5.13 Å². The Hall–Kier alpha value is -2.52. The molecule has 0 aliphatic carbocycles. The van der Waals surface area contributed by atoms with E-state index in [0.717, 1.165) is 18.7 Å². The molecule has 3 rings (SSSR count). The van der Waals surface area contributed by atoms with Gasteiger partial charge in [0, 0.05) is 50.5 Å². The summed E-state index contributed by atoms with van der Waals surface area (Å²) >= 11 is 1.33. The molecule has 138 valence electrons. The number of pyridine rings is 1. The van der Waals surface area contributed by atoms with Crippen molar-refractivity contribution in [3.05, 3.63) is 41.2 Å². The predicted octanol–water partition coefficient (Wildman–Crippen LogP) is 1.18. The molecular formula is C17H22N6O2S. The number of urea groups is 1. The molecule has 0 bridgehead atoms. The molecule has 1 saturated heterocycles. The summed E-state index contributed by atoms with van der Waals surface area (Å²) in [4.78, 5) is 36.6. The molecule has 2 aromatic heterocycles. The molecule has 1 aliphatic rings. The summed E-state index contributed by atoms with van der Waals surface area (Å²) in [5.74, 6) is -0.115. The van der Waals surface area contributed by atoms with E-state index in [4.69, 9.17) is 0 Å². The highest BCUT2D eigenvalue weighted by Gasteiger charge is 2.20. The van der Waals surface area contributed by atoms with E-state index < -0.39 is 0 Å². The zero-order valence-electron chi connectivity index (χ0n) is 14.6. The summed E-state index contributed by atoms with van der Waals surface area (Å²) < 4.78 is 0. The van der Waals surface area contributed by atoms with Gasteiger partial charge in [-0.05, 0) is 18.7 Å². The normalized spacial score (nSPS) is 14.9. The van der Waals surface area contributed by atoms with Crippen molar-refractivity contribution in [1.29, 1.82) is 0 Å². The number of carbonyl (C=O) groups excluding carboxylic acids is 2. The molecule has 3 heterocycles. The van der Waals surface area contributed by atoms with E-state index in [2.05, 4.69) is 25.5 Å². The monoisotopic (exact) mass is 374 g/mol. The number of thiazole rings is 1. The first-order valence-electron chi connectivity index (χ1n) is 8.44. The Morgan fingerprint density at radius 1 is 1.27 bits per heavy atom. The van der Waals surface area contributed by atoms with Crippen LogP contribution in [0.1, 0.15) is 11.3 Å². The van der Waals surface area contributed by atoms with Crippen LogP contribution >= 0.6 is 11.3 Å². The second-order valence-electron chi connectivity index (χ2n) is 6.18. The van der Waals surface area contributed by atoms with Gasteiger partial charge in [-0.2, -0.15) is 0 Å². The Balaban J connectivity index is 1.45. The Morgan fingerprint density at radius 3 is 2.81 bits per heavy atom. The summed E-state index contributed by atoms with van der Waals surface area (Å²) in [5.41, 5.74) is 1.59. The standard InChI is InChI=1S/C17H22N6O2S/c1-22-5-7-23(8-6-22)17(25)21-16-20-14(12-26-16)9-15(24)19-11-13-3-2-4-18-10-13/h2-4,10,12H,5-9,11H2,1H3,(H,19,24)(H,20,21,25). The van der Waals surface area contributed by atoms with Gasteiger partial charge in [0.2, 0.25) is 5.91 Å². The van der Waals surface area contributed by atoms with Crippen LogP contribution in [-0.4, -0.2) is 64.9 Å². The molecular weight excluding hydrogens is 352 g/mol. The molecule has 0 spiro atoms. The van der Waals surface area contributed by atoms with Crippen LogP contribution in [0.3, 0.4) is 0 Å². The number of nitrogens with zero attached hydrogens (tertiary/aromatic N) is 4. The largest absolute Gasteiger partial charge is 0.352 e. The van der Waals surface area contributed by atoms with Gasteiger partial charge in [0.25, 0.3) is 0 Å². The van der Waals surface area contributed by atoms with Gasteiger partial charge < -0.3 is 15.1 Å². The lowest BCUT2D eigenvalue weighted by atomic mass is 10.2. The van der Waals surface area contributed by atoms with E-state index in [1.807, 2.05) is 19.2 Å². The van der Waals surface area contributed by atoms with Gasteiger partial charge in [-0.15, -0.1) is 11.3 Å². The third kappa shape index (κ3) is 5.24. The van der Waals surface area contributed by atoms with Crippen LogP contribution < -0.4 is 10.6 Å². The van der Waals surface area contributed by atoms with Crippen LogP contribution in [0, 0.1) is 0 Å². The first kappa shape index (κ1) is 18.3. The highest BCUT2D eigenvalue weighted by molar-refractivity contribution is 7.13. The van der Waals surface area contributed by atoms with E-state index in [1.165, 1.54) is 11.3 Å². The van der Waals surface area contributed by atoms with Crippen molar-refractivity contribution in [1.82, 2.24) is 25.1 Å². The second kappa shape index (κ2) is 8.72. The SMILES string of the molecule is CN1CCN(C(=O)Nc2nc(CC(=O)NCc3cccnc3)cs2)CC1. The number of piperazine rings is 1. The third-order valence-electron chi connectivity index (χ3n) is 4.11. The maximum absolute atomic E-state index is 12.2. The topological polar surface area (TPSA) is 90.5 Å². The average Bonchev–Trinajstić information content (AvgIpc) is 3.08. The summed E-state index contributed by atoms with van der Waals surface area (Å²) in [7, 11) is 2.04. The van der Waals surface area contributed by atoms with Crippen molar-refractivity contribution >= 4 is 28.4 Å². The van der Waals surface area contributed by atoms with Gasteiger partial charge in [0.1, 0.15) is 0 Å². The van der Waals surface area contributed by atoms with Crippen molar-refractivity contribution in [3.63, 3.8) is 0 Å². The zero-order valence-corrected chi connectivity index (χ0v) is 15.5. The quantitative estimate of drug-likeness (QED) is 0.820. The van der Waals surface area contributed by atoms with Crippen molar-refractivity contribution in [2.75, 3.05) is 38.5 Å². The maximum atomic E-state index is 12.2. The lowest BCUT2D eigenvalue weighted by molar-refractivity contribution is -0.120. The smallest absolute Gasteiger partial charge is 0.323 e. The highest BCUT2D eigenvalue weighted by atomic mass is 32.1. The fraction of sp³-hybridized carbons (Fsp3) is 0.412. The number of amides is 3. The summed E-state index contributed by atoms with van der Waals surface area (Å²) in [6.07, 6.45) is 3.59. The third-order valence-corrected chi connectivity index (χ3v) is 4.92. The molecule has 0 atom stereocenters. The number of likely N-dealkylation sites (N-methyl/N-ethyl adjacent to an activating group) is 1. The molecule has 8 nitrogen and oxygen atoms in total. The minimum absolute atomic E-state index is 0.115. The number of rotatable bonds is 5. The summed E-state index contributed by atoms with van der Waals surface area (Å²) in [6, 6.07) is 3.60. The van der Waals surface area contributed by atoms with Crippen molar-refractivity contribution in [3.8, 4) is 0 Å². The van der Waals surface area contributed by atoms with Gasteiger partial charge >= 0.3 is 6.03 Å². The van der Waals surface area contributed by atoms with Gasteiger partial charge in [-0.1, -0.05) is 6.07 Å². The van der Waals surface area contributed by atoms with Crippen LogP contribution in [0.15, 0.2) is 29.9 Å². The van der Waals surface area contributed by atoms with Crippen LogP contribution in [-0.2, 0) is 17.8 Å². The minimum Gasteiger partial charge on any atom is -0.352 e. The lowest BCUT2D eigenvalue weighted by Crippen LogP contribution is -2.48. The molecule has 2 aromatic rings. The molecule has 9 heteroatoms. The number of carbonyl (C=O) groups is 2. The van der Waals surface area contributed by atoms with Crippen LogP contribution in [0.2, 0.25) is 0 Å². The van der Waals surface area contributed by atoms with Crippen LogP contribution in [0.4, 0.5) is 9.93 Å². The van der Waals surface area contributed by atoms with Crippen LogP contribution in [0.5, 0.6) is 0 Å². The first-order chi connectivity index (χ1) is 12.6. The number of nitrogens with one attached hydrogen (secondary N) is 2. The molecule has 26 heavy (non-hydrogen) atoms. The molecule has 0 saturated carbocycles. The van der Waals surface area contributed by atoms with Gasteiger partial charge in [0.05, 0.1) is 12.1 Å². The maximum Gasteiger partial charge on any atom is 0.323 e. The lowest BCUT2D eigenvalue weighted by Gasteiger charge is -2.32. The average molecular weight is 374 g/mol. The van der Waals surface area contributed by atoms with Crippen molar-refractivity contribution in [2.24, 2.45) is 0 Å². The molecule has 0 unspecified atom stereocenters. The first-order valence-corrected chi connectivity index (χ1v) is 9.32. The number of hydrogen-bond acceptors (Lipinski definition) is 6. The zero-order chi connectivity index (χ0) is 18.4. The molecule has 3 amide bonds. The fourth-order valence-electron chi connectivity index (χ4n) is 2.56. The summed E-state index contributed by atoms with van der Waals surface area (Å²) in [5, 5.41) is 7.97. The Bertz CT molecular complexity index is 743. The van der Waals surface area contributed by atoms with E-state index in [1.54, 1.807) is 22.7 Å². The highest BCUT2D eigenvalue weighted by Crippen LogP contribution is 2.17. The number of hydrogen-bond donors (Lipinski definition) is 2. The van der Waals surface area contributed by atoms with E-state index >= 15 is 0 Å². The molecule has 2 N–H and O–H groups in total. The van der Waals surface area contributed by atoms with Gasteiger partial charge in [-0.3, -0.25) is 15.1 Å². The van der Waals surface area contributed by atoms with E-state index in [-0.39, 0.29) is 18.4 Å². The fourth-order valence-corrected chi connectivity index (χ4v) is 3.26. The van der Waals surface area contributed by atoms with Gasteiger partial charge in [-0.25, -0.2) is 9.78 Å². The second-order valence-corrected chi connectivity index (χ2v) is 7.04. The molecule has 1 fully saturated rings. The Kier molecular flexibility index (Phi) is 6.13. The number of aromatic nitrogens is 2. The number of anilines is 1. The Morgan fingerprint density at radius 2 is 2.08 bits per heavy atom. The molecule has 0 radical (unpaired) electrons. The van der Waals surface area contributed by atoms with Crippen LogP contribution in [0.25, 0.3) is 0 Å².